The van der Waals surface area contributed by atoms with Crippen LogP contribution in [0, 0.1) is 0 Å². The Hall–Kier alpha value is -0.340. The molecule has 2 nitrogen and oxygen atoms in total. The molecule has 0 aromatic heterocycles. The number of nitrogens with zero attached hydrogens (tertiary/aromatic N) is 1. The molecule has 10 heavy (non-hydrogen) atoms. The van der Waals surface area contributed by atoms with E-state index in [1.165, 1.54) is 5.57 Å². The molecule has 0 radical (unpaired) electrons. The maximum Gasteiger partial charge on any atom is 0.0621 e. The van der Waals surface area contributed by atoms with Crippen LogP contribution in [0.15, 0.2) is 12.2 Å². The van der Waals surface area contributed by atoms with Crippen LogP contribution in [0.4, 0.5) is 0 Å². The lowest BCUT2D eigenvalue weighted by Gasteiger charge is -2.16. The molecule has 58 valence electrons. The van der Waals surface area contributed by atoms with Crippen molar-refractivity contribution in [2.45, 2.75) is 12.5 Å². The van der Waals surface area contributed by atoms with Crippen LogP contribution in [-0.4, -0.2) is 38.3 Å². The Morgan fingerprint density at radius 2 is 2.50 bits per heavy atom. The summed E-state index contributed by atoms with van der Waals surface area (Å²) in [4.78, 5) is 2.28. The molecule has 0 bridgehead atoms. The highest BCUT2D eigenvalue weighted by Crippen LogP contribution is 2.18. The molecule has 1 rings (SSSR count). The zero-order chi connectivity index (χ0) is 7.56. The predicted octanol–water partition coefficient (Wildman–Crippen LogP) is 0.893. The van der Waals surface area contributed by atoms with E-state index in [9.17, 15) is 0 Å². The molecular weight excluding hydrogens is 126 g/mol. The highest BCUT2D eigenvalue weighted by Gasteiger charge is 2.22. The number of rotatable bonds is 2. The molecule has 0 N–H and O–H groups in total. The van der Waals surface area contributed by atoms with Crippen LogP contribution in [0.3, 0.4) is 0 Å². The summed E-state index contributed by atoms with van der Waals surface area (Å²) in [5, 5.41) is 0. The van der Waals surface area contributed by atoms with Crippen molar-refractivity contribution in [1.29, 1.82) is 0 Å². The fourth-order valence-corrected chi connectivity index (χ4v) is 1.41. The third-order valence-electron chi connectivity index (χ3n) is 1.98. The zero-order valence-electron chi connectivity index (χ0n) is 6.76. The fourth-order valence-electron chi connectivity index (χ4n) is 1.41. The van der Waals surface area contributed by atoms with Gasteiger partial charge < -0.3 is 4.74 Å². The highest BCUT2D eigenvalue weighted by molar-refractivity contribution is 5.07. The minimum Gasteiger partial charge on any atom is -0.383 e. The van der Waals surface area contributed by atoms with E-state index in [0.717, 1.165) is 19.6 Å². The van der Waals surface area contributed by atoms with E-state index in [-0.39, 0.29) is 0 Å². The quantitative estimate of drug-likeness (QED) is 0.530. The molecule has 0 amide bonds. The first-order chi connectivity index (χ1) is 4.74. The molecule has 0 aliphatic carbocycles. The average Bonchev–Trinajstić information content (AvgIpc) is 2.13. The zero-order valence-corrected chi connectivity index (χ0v) is 6.76. The molecule has 0 saturated carbocycles. The van der Waals surface area contributed by atoms with Crippen molar-refractivity contribution in [2.75, 3.05) is 27.3 Å². The van der Waals surface area contributed by atoms with Crippen molar-refractivity contribution in [1.82, 2.24) is 4.90 Å². The number of likely N-dealkylation sites (tertiary alicyclic amines) is 1. The van der Waals surface area contributed by atoms with E-state index in [4.69, 9.17) is 4.74 Å². The summed E-state index contributed by atoms with van der Waals surface area (Å²) in [5.41, 5.74) is 1.32. The molecule has 0 spiro atoms. The number of hydrogen-bond acceptors (Lipinski definition) is 2. The number of likely N-dealkylation sites (N-methyl/N-ethyl adjacent to an activating group) is 1. The van der Waals surface area contributed by atoms with Crippen LogP contribution in [0.2, 0.25) is 0 Å². The van der Waals surface area contributed by atoms with Crippen LogP contribution in [0.25, 0.3) is 0 Å². The lowest BCUT2D eigenvalue weighted by atomic mass is 10.2. The SMILES string of the molecule is C=C1CC(COC)N(C)C1. The lowest BCUT2D eigenvalue weighted by molar-refractivity contribution is 0.129. The Morgan fingerprint density at radius 1 is 1.80 bits per heavy atom. The standard InChI is InChI=1S/C8H15NO/c1-7-4-8(6-10-3)9(2)5-7/h8H,1,4-6H2,2-3H3. The molecule has 1 aliphatic heterocycles. The molecule has 1 atom stereocenters. The number of hydrogen-bond donors (Lipinski definition) is 0. The maximum absolute atomic E-state index is 5.06. The van der Waals surface area contributed by atoms with Crippen LogP contribution < -0.4 is 0 Å². The van der Waals surface area contributed by atoms with Crippen LogP contribution in [0.1, 0.15) is 6.42 Å². The molecule has 1 unspecified atom stereocenters. The van der Waals surface area contributed by atoms with Gasteiger partial charge in [0, 0.05) is 19.7 Å². The summed E-state index contributed by atoms with van der Waals surface area (Å²) in [6.45, 7) is 5.80. The van der Waals surface area contributed by atoms with E-state index in [1.807, 2.05) is 0 Å². The predicted molar refractivity (Wildman–Crippen MR) is 42.1 cm³/mol. The molecule has 1 saturated heterocycles. The Morgan fingerprint density at radius 3 is 2.90 bits per heavy atom. The van der Waals surface area contributed by atoms with Crippen LogP contribution in [-0.2, 0) is 4.74 Å². The van der Waals surface area contributed by atoms with Gasteiger partial charge in [-0.1, -0.05) is 12.2 Å². The minimum atomic E-state index is 0.567. The van der Waals surface area contributed by atoms with Gasteiger partial charge in [0.15, 0.2) is 0 Å². The van der Waals surface area contributed by atoms with Gasteiger partial charge in [-0.15, -0.1) is 0 Å². The summed E-state index contributed by atoms with van der Waals surface area (Å²) in [6, 6.07) is 0.567. The van der Waals surface area contributed by atoms with Gasteiger partial charge in [-0.3, -0.25) is 4.90 Å². The van der Waals surface area contributed by atoms with Crippen molar-refractivity contribution < 1.29 is 4.74 Å². The van der Waals surface area contributed by atoms with E-state index in [1.54, 1.807) is 7.11 Å². The van der Waals surface area contributed by atoms with Crippen molar-refractivity contribution in [3.63, 3.8) is 0 Å². The monoisotopic (exact) mass is 141 g/mol. The molecule has 1 aliphatic rings. The normalized spacial score (nSPS) is 27.8. The van der Waals surface area contributed by atoms with E-state index >= 15 is 0 Å². The van der Waals surface area contributed by atoms with Gasteiger partial charge in [0.25, 0.3) is 0 Å². The molecule has 0 aromatic rings. The third-order valence-corrected chi connectivity index (χ3v) is 1.98. The second-order valence-electron chi connectivity index (χ2n) is 2.98. The summed E-state index contributed by atoms with van der Waals surface area (Å²) in [5.74, 6) is 0. The van der Waals surface area contributed by atoms with Gasteiger partial charge in [0.05, 0.1) is 6.61 Å². The largest absolute Gasteiger partial charge is 0.383 e. The van der Waals surface area contributed by atoms with Crippen LogP contribution in [0.5, 0.6) is 0 Å². The maximum atomic E-state index is 5.06. The Balaban J connectivity index is 2.38. The Bertz CT molecular complexity index is 133. The van der Waals surface area contributed by atoms with E-state index < -0.39 is 0 Å². The van der Waals surface area contributed by atoms with Gasteiger partial charge in [-0.25, -0.2) is 0 Å². The number of methoxy groups -OCH3 is 1. The molecule has 0 aromatic carbocycles. The van der Waals surface area contributed by atoms with Crippen LogP contribution >= 0.6 is 0 Å². The lowest BCUT2D eigenvalue weighted by Crippen LogP contribution is -2.28. The minimum absolute atomic E-state index is 0.567. The molecule has 1 fully saturated rings. The van der Waals surface area contributed by atoms with Gasteiger partial charge in [-0.05, 0) is 13.5 Å². The first-order valence-corrected chi connectivity index (χ1v) is 3.60. The third kappa shape index (κ3) is 1.58. The van der Waals surface area contributed by atoms with Gasteiger partial charge in [0.1, 0.15) is 0 Å². The second-order valence-corrected chi connectivity index (χ2v) is 2.98. The second kappa shape index (κ2) is 3.17. The molecule has 2 heteroatoms. The fraction of sp³-hybridized carbons (Fsp3) is 0.750. The molecule has 1 heterocycles. The smallest absolute Gasteiger partial charge is 0.0621 e. The molecular formula is C8H15NO. The topological polar surface area (TPSA) is 12.5 Å². The van der Waals surface area contributed by atoms with Gasteiger partial charge in [-0.2, -0.15) is 0 Å². The first kappa shape index (κ1) is 7.76. The van der Waals surface area contributed by atoms with E-state index in [0.29, 0.717) is 6.04 Å². The van der Waals surface area contributed by atoms with Gasteiger partial charge >= 0.3 is 0 Å². The van der Waals surface area contributed by atoms with Crippen molar-refractivity contribution >= 4 is 0 Å². The summed E-state index contributed by atoms with van der Waals surface area (Å²) in [6.07, 6.45) is 1.10. The Labute approximate surface area is 62.5 Å². The Kier molecular flexibility index (Phi) is 2.46. The number of ether oxygens (including phenoxy) is 1. The first-order valence-electron chi connectivity index (χ1n) is 3.60. The van der Waals surface area contributed by atoms with Crippen molar-refractivity contribution in [3.05, 3.63) is 12.2 Å². The van der Waals surface area contributed by atoms with E-state index in [2.05, 4.69) is 18.5 Å². The summed E-state index contributed by atoms with van der Waals surface area (Å²) < 4.78 is 5.06. The van der Waals surface area contributed by atoms with Crippen molar-refractivity contribution in [3.8, 4) is 0 Å². The summed E-state index contributed by atoms with van der Waals surface area (Å²) in [7, 11) is 3.86. The van der Waals surface area contributed by atoms with Crippen molar-refractivity contribution in [2.24, 2.45) is 0 Å². The highest BCUT2D eigenvalue weighted by atomic mass is 16.5. The summed E-state index contributed by atoms with van der Waals surface area (Å²) >= 11 is 0. The average molecular weight is 141 g/mol. The van der Waals surface area contributed by atoms with Gasteiger partial charge in [0.2, 0.25) is 0 Å².